The Morgan fingerprint density at radius 2 is 2.16 bits per heavy atom. The first-order valence-electron chi connectivity index (χ1n) is 6.87. The van der Waals surface area contributed by atoms with Gasteiger partial charge in [-0.05, 0) is 33.7 Å². The molecule has 0 saturated carbocycles. The lowest BCUT2D eigenvalue weighted by atomic mass is 9.99. The minimum absolute atomic E-state index is 0.150. The highest BCUT2D eigenvalue weighted by Gasteiger charge is 2.27. The van der Waals surface area contributed by atoms with E-state index in [0.29, 0.717) is 32.1 Å². The van der Waals surface area contributed by atoms with E-state index in [1.54, 1.807) is 4.90 Å². The molecular formula is C13H25N3O3. The van der Waals surface area contributed by atoms with Crippen LogP contribution in [0.3, 0.4) is 0 Å². The number of rotatable bonds is 5. The number of amides is 2. The number of carboxylic acid groups (broad SMARTS) is 1. The van der Waals surface area contributed by atoms with Crippen LogP contribution < -0.4 is 5.32 Å². The molecule has 6 heteroatoms. The maximum absolute atomic E-state index is 11.9. The summed E-state index contributed by atoms with van der Waals surface area (Å²) < 4.78 is 0. The number of carbonyl (C=O) groups is 2. The maximum atomic E-state index is 11.9. The standard InChI is InChI=1S/C13H25N3O3/c1-10(2)15(3)8-6-14-13(19)16-7-4-5-11(9-16)12(17)18/h10-11H,4-9H2,1-3H3,(H,14,19)(H,17,18)/t11-/m0/s1. The van der Waals surface area contributed by atoms with Crippen molar-refractivity contribution < 1.29 is 14.7 Å². The zero-order valence-corrected chi connectivity index (χ0v) is 12.1. The van der Waals surface area contributed by atoms with E-state index in [0.717, 1.165) is 13.0 Å². The number of carboxylic acids is 1. The summed E-state index contributed by atoms with van der Waals surface area (Å²) in [5, 5.41) is 11.8. The molecule has 1 rings (SSSR count). The summed E-state index contributed by atoms with van der Waals surface area (Å²) in [6.45, 7) is 6.55. The smallest absolute Gasteiger partial charge is 0.317 e. The molecule has 0 aromatic carbocycles. The van der Waals surface area contributed by atoms with Crippen molar-refractivity contribution in [3.8, 4) is 0 Å². The topological polar surface area (TPSA) is 72.9 Å². The van der Waals surface area contributed by atoms with Crippen LogP contribution in [0.25, 0.3) is 0 Å². The second-order valence-electron chi connectivity index (χ2n) is 5.43. The minimum atomic E-state index is -0.808. The summed E-state index contributed by atoms with van der Waals surface area (Å²) in [7, 11) is 2.01. The number of nitrogens with one attached hydrogen (secondary N) is 1. The van der Waals surface area contributed by atoms with Gasteiger partial charge in [0.05, 0.1) is 5.92 Å². The first-order chi connectivity index (χ1) is 8.91. The lowest BCUT2D eigenvalue weighted by molar-refractivity contribution is -0.143. The van der Waals surface area contributed by atoms with Crippen molar-refractivity contribution in [1.82, 2.24) is 15.1 Å². The molecule has 1 aliphatic heterocycles. The highest BCUT2D eigenvalue weighted by molar-refractivity contribution is 5.76. The fourth-order valence-electron chi connectivity index (χ4n) is 2.07. The van der Waals surface area contributed by atoms with Gasteiger partial charge in [-0.1, -0.05) is 0 Å². The van der Waals surface area contributed by atoms with Crippen LogP contribution >= 0.6 is 0 Å². The Bertz CT molecular complexity index is 320. The van der Waals surface area contributed by atoms with E-state index in [4.69, 9.17) is 5.11 Å². The Labute approximate surface area is 114 Å². The van der Waals surface area contributed by atoms with Gasteiger partial charge < -0.3 is 20.2 Å². The molecule has 19 heavy (non-hydrogen) atoms. The molecule has 2 N–H and O–H groups in total. The summed E-state index contributed by atoms with van der Waals surface area (Å²) in [5.41, 5.74) is 0. The Morgan fingerprint density at radius 3 is 2.74 bits per heavy atom. The summed E-state index contributed by atoms with van der Waals surface area (Å²) in [6, 6.07) is 0.298. The molecule has 1 saturated heterocycles. The van der Waals surface area contributed by atoms with E-state index < -0.39 is 11.9 Å². The zero-order valence-electron chi connectivity index (χ0n) is 12.1. The number of likely N-dealkylation sites (N-methyl/N-ethyl adjacent to an activating group) is 1. The van der Waals surface area contributed by atoms with Crippen molar-refractivity contribution in [3.05, 3.63) is 0 Å². The molecule has 0 spiro atoms. The van der Waals surface area contributed by atoms with Gasteiger partial charge in [0.2, 0.25) is 0 Å². The van der Waals surface area contributed by atoms with Crippen molar-refractivity contribution in [3.63, 3.8) is 0 Å². The molecule has 110 valence electrons. The van der Waals surface area contributed by atoms with Crippen LogP contribution in [0.5, 0.6) is 0 Å². The largest absolute Gasteiger partial charge is 0.481 e. The number of carbonyl (C=O) groups excluding carboxylic acids is 1. The van der Waals surface area contributed by atoms with E-state index in [9.17, 15) is 9.59 Å². The molecule has 1 aliphatic rings. The van der Waals surface area contributed by atoms with Gasteiger partial charge in [0.15, 0.2) is 0 Å². The molecule has 1 fully saturated rings. The predicted molar refractivity (Wildman–Crippen MR) is 73.1 cm³/mol. The fourth-order valence-corrected chi connectivity index (χ4v) is 2.07. The second kappa shape index (κ2) is 7.33. The molecule has 1 atom stereocenters. The van der Waals surface area contributed by atoms with Gasteiger partial charge >= 0.3 is 12.0 Å². The predicted octanol–water partition coefficient (Wildman–Crippen LogP) is 0.833. The number of piperidine rings is 1. The van der Waals surface area contributed by atoms with Crippen molar-refractivity contribution in [2.45, 2.75) is 32.7 Å². The third kappa shape index (κ3) is 5.06. The number of aliphatic carboxylic acids is 1. The normalized spacial score (nSPS) is 19.8. The van der Waals surface area contributed by atoms with E-state index in [2.05, 4.69) is 24.1 Å². The number of likely N-dealkylation sites (tertiary alicyclic amines) is 1. The lowest BCUT2D eigenvalue weighted by Crippen LogP contribution is -2.48. The van der Waals surface area contributed by atoms with Crippen LogP contribution in [-0.2, 0) is 4.79 Å². The Balaban J connectivity index is 2.31. The quantitative estimate of drug-likeness (QED) is 0.777. The van der Waals surface area contributed by atoms with Gasteiger partial charge in [-0.3, -0.25) is 4.79 Å². The van der Waals surface area contributed by atoms with E-state index in [1.807, 2.05) is 7.05 Å². The third-order valence-corrected chi connectivity index (χ3v) is 3.68. The van der Waals surface area contributed by atoms with Gasteiger partial charge in [0.1, 0.15) is 0 Å². The first kappa shape index (κ1) is 15.8. The Morgan fingerprint density at radius 1 is 1.47 bits per heavy atom. The van der Waals surface area contributed by atoms with Gasteiger partial charge in [-0.25, -0.2) is 4.79 Å². The highest BCUT2D eigenvalue weighted by Crippen LogP contribution is 2.16. The summed E-state index contributed by atoms with van der Waals surface area (Å²) >= 11 is 0. The monoisotopic (exact) mass is 271 g/mol. The van der Waals surface area contributed by atoms with Gasteiger partial charge in [0, 0.05) is 32.2 Å². The van der Waals surface area contributed by atoms with E-state index in [-0.39, 0.29) is 6.03 Å². The second-order valence-corrected chi connectivity index (χ2v) is 5.43. The average Bonchev–Trinajstić information content (AvgIpc) is 2.38. The molecule has 0 aliphatic carbocycles. The number of hydrogen-bond donors (Lipinski definition) is 2. The molecule has 2 amide bonds. The average molecular weight is 271 g/mol. The fraction of sp³-hybridized carbons (Fsp3) is 0.846. The van der Waals surface area contributed by atoms with Crippen LogP contribution in [-0.4, -0.2) is 66.2 Å². The van der Waals surface area contributed by atoms with Crippen molar-refractivity contribution in [1.29, 1.82) is 0 Å². The van der Waals surface area contributed by atoms with Gasteiger partial charge in [-0.2, -0.15) is 0 Å². The molecule has 0 aromatic heterocycles. The summed E-state index contributed by atoms with van der Waals surface area (Å²) in [5.74, 6) is -1.23. The van der Waals surface area contributed by atoms with Crippen LogP contribution in [0.1, 0.15) is 26.7 Å². The zero-order chi connectivity index (χ0) is 14.4. The maximum Gasteiger partial charge on any atom is 0.317 e. The SMILES string of the molecule is CC(C)N(C)CCNC(=O)N1CCC[C@H](C(=O)O)C1. The summed E-state index contributed by atoms with van der Waals surface area (Å²) in [6.07, 6.45) is 1.42. The van der Waals surface area contributed by atoms with Crippen LogP contribution in [0.2, 0.25) is 0 Å². The van der Waals surface area contributed by atoms with Crippen LogP contribution in [0.4, 0.5) is 4.79 Å². The van der Waals surface area contributed by atoms with E-state index >= 15 is 0 Å². The van der Waals surface area contributed by atoms with Gasteiger partial charge in [0.25, 0.3) is 0 Å². The molecule has 6 nitrogen and oxygen atoms in total. The minimum Gasteiger partial charge on any atom is -0.481 e. The molecule has 0 radical (unpaired) electrons. The molecule has 1 heterocycles. The number of urea groups is 1. The van der Waals surface area contributed by atoms with Crippen molar-refractivity contribution in [2.75, 3.05) is 33.2 Å². The lowest BCUT2D eigenvalue weighted by Gasteiger charge is -2.31. The number of nitrogens with zero attached hydrogens (tertiary/aromatic N) is 2. The van der Waals surface area contributed by atoms with Crippen molar-refractivity contribution >= 4 is 12.0 Å². The first-order valence-corrected chi connectivity index (χ1v) is 6.87. The third-order valence-electron chi connectivity index (χ3n) is 3.68. The Hall–Kier alpha value is -1.30. The van der Waals surface area contributed by atoms with Crippen LogP contribution in [0, 0.1) is 5.92 Å². The molecule has 0 unspecified atom stereocenters. The molecule has 0 aromatic rings. The molecule has 0 bridgehead atoms. The summed E-state index contributed by atoms with van der Waals surface area (Å²) in [4.78, 5) is 26.6. The van der Waals surface area contributed by atoms with Crippen LogP contribution in [0.15, 0.2) is 0 Å². The molecular weight excluding hydrogens is 246 g/mol. The highest BCUT2D eigenvalue weighted by atomic mass is 16.4. The van der Waals surface area contributed by atoms with Gasteiger partial charge in [-0.15, -0.1) is 0 Å². The van der Waals surface area contributed by atoms with Crippen molar-refractivity contribution in [2.24, 2.45) is 5.92 Å². The number of hydrogen-bond acceptors (Lipinski definition) is 3. The van der Waals surface area contributed by atoms with E-state index in [1.165, 1.54) is 0 Å². The Kier molecular flexibility index (Phi) is 6.08.